The Hall–Kier alpha value is -3.15. The lowest BCUT2D eigenvalue weighted by Crippen LogP contribution is -2.30. The number of nitrogens with zero attached hydrogens (tertiary/aromatic N) is 4. The normalized spacial score (nSPS) is 12.9. The van der Waals surface area contributed by atoms with Gasteiger partial charge < -0.3 is 24.8 Å². The number of thiazole rings is 1. The van der Waals surface area contributed by atoms with Crippen LogP contribution in [0.15, 0.2) is 6.07 Å². The van der Waals surface area contributed by atoms with E-state index >= 15 is 0 Å². The Morgan fingerprint density at radius 1 is 1.29 bits per heavy atom. The zero-order valence-electron chi connectivity index (χ0n) is 15.4. The standard InChI is InChI=1S/C16H20N6O5S/c1-26-12-7-11(19-15(20-12)27-2)22-6-4-9-10(8-22)28-16(18-9)21-14(25)17-5-3-13(23)24/h7H,3-6,8H2,1-2H3,(H,23,24)(H2,17,18,21,25). The zero-order chi connectivity index (χ0) is 20.1. The lowest BCUT2D eigenvalue weighted by atomic mass is 10.2. The van der Waals surface area contributed by atoms with Gasteiger partial charge in [0.05, 0.1) is 32.9 Å². The number of carbonyl (C=O) groups is 2. The highest BCUT2D eigenvalue weighted by atomic mass is 32.1. The van der Waals surface area contributed by atoms with E-state index in [0.29, 0.717) is 36.3 Å². The number of hydrogen-bond donors (Lipinski definition) is 3. The Balaban J connectivity index is 1.66. The van der Waals surface area contributed by atoms with E-state index < -0.39 is 12.0 Å². The molecule has 3 N–H and O–H groups in total. The molecular weight excluding hydrogens is 388 g/mol. The highest BCUT2D eigenvalue weighted by molar-refractivity contribution is 7.15. The molecule has 28 heavy (non-hydrogen) atoms. The number of carboxylic acid groups (broad SMARTS) is 1. The minimum absolute atomic E-state index is 0.0530. The minimum Gasteiger partial charge on any atom is -0.481 e. The van der Waals surface area contributed by atoms with Gasteiger partial charge in [0.25, 0.3) is 0 Å². The van der Waals surface area contributed by atoms with E-state index in [0.717, 1.165) is 10.6 Å². The third-order valence-electron chi connectivity index (χ3n) is 3.96. The molecule has 0 atom stereocenters. The molecule has 11 nitrogen and oxygen atoms in total. The van der Waals surface area contributed by atoms with Gasteiger partial charge in [-0.1, -0.05) is 11.3 Å². The van der Waals surface area contributed by atoms with E-state index in [1.54, 1.807) is 6.07 Å². The van der Waals surface area contributed by atoms with Crippen molar-refractivity contribution >= 4 is 34.3 Å². The summed E-state index contributed by atoms with van der Waals surface area (Å²) in [6.07, 6.45) is 0.561. The van der Waals surface area contributed by atoms with Gasteiger partial charge in [-0.05, 0) is 0 Å². The lowest BCUT2D eigenvalue weighted by Gasteiger charge is -2.27. The monoisotopic (exact) mass is 408 g/mol. The minimum atomic E-state index is -0.969. The van der Waals surface area contributed by atoms with E-state index in [-0.39, 0.29) is 19.0 Å². The number of rotatable bonds is 7. The molecule has 0 unspecified atom stereocenters. The summed E-state index contributed by atoms with van der Waals surface area (Å²) in [5.74, 6) is 0.129. The Morgan fingerprint density at radius 2 is 2.11 bits per heavy atom. The summed E-state index contributed by atoms with van der Waals surface area (Å²) in [5.41, 5.74) is 0.926. The van der Waals surface area contributed by atoms with Crippen LogP contribution in [0.4, 0.5) is 15.7 Å². The fourth-order valence-electron chi connectivity index (χ4n) is 2.62. The molecule has 0 fully saturated rings. The number of hydrogen-bond acceptors (Lipinski definition) is 9. The second-order valence-electron chi connectivity index (χ2n) is 5.84. The van der Waals surface area contributed by atoms with Crippen LogP contribution in [0.2, 0.25) is 0 Å². The van der Waals surface area contributed by atoms with Crippen molar-refractivity contribution in [2.75, 3.05) is 37.5 Å². The molecule has 0 spiro atoms. The fourth-order valence-corrected chi connectivity index (χ4v) is 3.64. The van der Waals surface area contributed by atoms with Gasteiger partial charge in [0.15, 0.2) is 5.13 Å². The summed E-state index contributed by atoms with van der Waals surface area (Å²) in [5, 5.41) is 14.2. The maximum atomic E-state index is 11.8. The van der Waals surface area contributed by atoms with Gasteiger partial charge in [-0.3, -0.25) is 10.1 Å². The maximum Gasteiger partial charge on any atom is 0.321 e. The number of carboxylic acids is 1. The molecule has 0 saturated heterocycles. The van der Waals surface area contributed by atoms with Gasteiger partial charge in [-0.25, -0.2) is 9.78 Å². The van der Waals surface area contributed by atoms with Crippen molar-refractivity contribution in [3.63, 3.8) is 0 Å². The van der Waals surface area contributed by atoms with Gasteiger partial charge >= 0.3 is 18.0 Å². The van der Waals surface area contributed by atoms with Crippen LogP contribution in [-0.4, -0.2) is 59.4 Å². The molecule has 12 heteroatoms. The van der Waals surface area contributed by atoms with Crippen molar-refractivity contribution < 1.29 is 24.2 Å². The SMILES string of the molecule is COc1cc(N2CCc3nc(NC(=O)NCCC(=O)O)sc3C2)nc(OC)n1. The average Bonchev–Trinajstić information content (AvgIpc) is 3.08. The first-order chi connectivity index (χ1) is 13.5. The largest absolute Gasteiger partial charge is 0.481 e. The number of methoxy groups -OCH3 is 2. The molecular formula is C16H20N6O5S. The van der Waals surface area contributed by atoms with Crippen LogP contribution in [0.5, 0.6) is 11.9 Å². The molecule has 2 aromatic heterocycles. The van der Waals surface area contributed by atoms with Gasteiger partial charge in [0.1, 0.15) is 5.82 Å². The van der Waals surface area contributed by atoms with Gasteiger partial charge in [0, 0.05) is 30.5 Å². The Morgan fingerprint density at radius 3 is 2.82 bits per heavy atom. The summed E-state index contributed by atoms with van der Waals surface area (Å²) in [6, 6.07) is 1.49. The van der Waals surface area contributed by atoms with Crippen molar-refractivity contribution in [1.82, 2.24) is 20.3 Å². The number of aliphatic carboxylic acids is 1. The summed E-state index contributed by atoms with van der Waals surface area (Å²) >= 11 is 1.37. The first-order valence-corrected chi connectivity index (χ1v) is 9.27. The quantitative estimate of drug-likeness (QED) is 0.615. The molecule has 1 aliphatic heterocycles. The van der Waals surface area contributed by atoms with Crippen LogP contribution >= 0.6 is 11.3 Å². The van der Waals surface area contributed by atoms with Crippen LogP contribution in [-0.2, 0) is 17.8 Å². The van der Waals surface area contributed by atoms with E-state index in [2.05, 4.69) is 30.5 Å². The van der Waals surface area contributed by atoms with E-state index in [9.17, 15) is 9.59 Å². The van der Waals surface area contributed by atoms with Crippen molar-refractivity contribution in [2.45, 2.75) is 19.4 Å². The average molecular weight is 408 g/mol. The number of ether oxygens (including phenoxy) is 2. The fraction of sp³-hybridized carbons (Fsp3) is 0.438. The summed E-state index contributed by atoms with van der Waals surface area (Å²) in [4.78, 5) is 38.3. The van der Waals surface area contributed by atoms with E-state index in [4.69, 9.17) is 14.6 Å². The Bertz CT molecular complexity index is 851. The summed E-state index contributed by atoms with van der Waals surface area (Å²) in [7, 11) is 3.03. The molecule has 0 bridgehead atoms. The highest BCUT2D eigenvalue weighted by Crippen LogP contribution is 2.31. The van der Waals surface area contributed by atoms with Crippen LogP contribution in [0, 0.1) is 0 Å². The molecule has 150 valence electrons. The van der Waals surface area contributed by atoms with Crippen molar-refractivity contribution in [3.05, 3.63) is 16.6 Å². The Kier molecular flexibility index (Phi) is 6.09. The van der Waals surface area contributed by atoms with Crippen LogP contribution in [0.1, 0.15) is 17.0 Å². The summed E-state index contributed by atoms with van der Waals surface area (Å²) < 4.78 is 10.3. The van der Waals surface area contributed by atoms with Gasteiger partial charge in [-0.15, -0.1) is 0 Å². The molecule has 3 heterocycles. The molecule has 2 aromatic rings. The second kappa shape index (κ2) is 8.69. The van der Waals surface area contributed by atoms with E-state index in [1.807, 2.05) is 0 Å². The molecule has 0 radical (unpaired) electrons. The van der Waals surface area contributed by atoms with Gasteiger partial charge in [-0.2, -0.15) is 9.97 Å². The van der Waals surface area contributed by atoms with Gasteiger partial charge in [0.2, 0.25) is 5.88 Å². The number of nitrogens with one attached hydrogen (secondary N) is 2. The zero-order valence-corrected chi connectivity index (χ0v) is 16.2. The van der Waals surface area contributed by atoms with Crippen molar-refractivity contribution in [3.8, 4) is 11.9 Å². The molecule has 2 amide bonds. The number of urea groups is 1. The number of aromatic nitrogens is 3. The van der Waals surface area contributed by atoms with Crippen molar-refractivity contribution in [1.29, 1.82) is 0 Å². The maximum absolute atomic E-state index is 11.8. The number of carbonyl (C=O) groups excluding carboxylic acids is 1. The predicted octanol–water partition coefficient (Wildman–Crippen LogP) is 1.11. The number of anilines is 2. The lowest BCUT2D eigenvalue weighted by molar-refractivity contribution is -0.136. The molecule has 0 aliphatic carbocycles. The molecule has 1 aliphatic rings. The van der Waals surface area contributed by atoms with Crippen molar-refractivity contribution in [2.24, 2.45) is 0 Å². The first kappa shape index (κ1) is 19.6. The molecule has 0 saturated carbocycles. The van der Waals surface area contributed by atoms with Crippen LogP contribution < -0.4 is 25.0 Å². The Labute approximate surface area is 164 Å². The van der Waals surface area contributed by atoms with Crippen LogP contribution in [0.3, 0.4) is 0 Å². The topological polar surface area (TPSA) is 139 Å². The highest BCUT2D eigenvalue weighted by Gasteiger charge is 2.23. The number of fused-ring (bicyclic) bond motifs is 1. The molecule has 3 rings (SSSR count). The smallest absolute Gasteiger partial charge is 0.321 e. The van der Waals surface area contributed by atoms with E-state index in [1.165, 1.54) is 25.6 Å². The predicted molar refractivity (Wildman–Crippen MR) is 101 cm³/mol. The third kappa shape index (κ3) is 4.76. The third-order valence-corrected chi connectivity index (χ3v) is 4.96. The van der Waals surface area contributed by atoms with Crippen LogP contribution in [0.25, 0.3) is 0 Å². The second-order valence-corrected chi connectivity index (χ2v) is 6.92. The molecule has 0 aromatic carbocycles. The number of amides is 2. The summed E-state index contributed by atoms with van der Waals surface area (Å²) in [6.45, 7) is 1.33. The first-order valence-electron chi connectivity index (χ1n) is 8.45.